The van der Waals surface area contributed by atoms with Gasteiger partial charge in [0.15, 0.2) is 0 Å². The van der Waals surface area contributed by atoms with Crippen LogP contribution >= 0.6 is 0 Å². The van der Waals surface area contributed by atoms with E-state index in [0.29, 0.717) is 12.1 Å². The molecule has 4 rings (SSSR count). The van der Waals surface area contributed by atoms with E-state index in [4.69, 9.17) is 10.5 Å². The lowest BCUT2D eigenvalue weighted by molar-refractivity contribution is -0.115. The number of hydrogen-bond acceptors (Lipinski definition) is 4. The highest BCUT2D eigenvalue weighted by Crippen LogP contribution is 2.41. The molecule has 0 aromatic heterocycles. The van der Waals surface area contributed by atoms with Gasteiger partial charge in [-0.05, 0) is 51.5 Å². The Kier molecular flexibility index (Phi) is 3.53. The summed E-state index contributed by atoms with van der Waals surface area (Å²) < 4.78 is 6.01. The second-order valence-corrected chi connectivity index (χ2v) is 7.32. The molecule has 4 unspecified atom stereocenters. The number of hydrogen-bond donors (Lipinski definition) is 1. The van der Waals surface area contributed by atoms with E-state index in [2.05, 4.69) is 9.80 Å². The molecular formula is C16H29N3O. The molecule has 4 fully saturated rings. The maximum absolute atomic E-state index is 6.33. The van der Waals surface area contributed by atoms with E-state index in [1.165, 1.54) is 58.0 Å². The van der Waals surface area contributed by atoms with Gasteiger partial charge in [0, 0.05) is 37.3 Å². The van der Waals surface area contributed by atoms with Crippen molar-refractivity contribution in [2.75, 3.05) is 32.8 Å². The summed E-state index contributed by atoms with van der Waals surface area (Å²) in [6.07, 6.45) is 9.75. The molecular weight excluding hydrogens is 250 g/mol. The summed E-state index contributed by atoms with van der Waals surface area (Å²) in [6, 6.07) is 1.45. The monoisotopic (exact) mass is 279 g/mol. The van der Waals surface area contributed by atoms with Crippen molar-refractivity contribution in [1.29, 1.82) is 0 Å². The summed E-state index contributed by atoms with van der Waals surface area (Å²) in [5, 5.41) is 0. The van der Waals surface area contributed by atoms with E-state index >= 15 is 0 Å². The first-order valence-corrected chi connectivity index (χ1v) is 8.65. The Bertz CT molecular complexity index is 364. The minimum atomic E-state index is 0.266. The van der Waals surface area contributed by atoms with Gasteiger partial charge in [0.05, 0.1) is 12.7 Å². The predicted octanol–water partition coefficient (Wildman–Crippen LogP) is 1.20. The molecule has 0 aromatic rings. The molecule has 2 N–H and O–H groups in total. The summed E-state index contributed by atoms with van der Waals surface area (Å²) in [4.78, 5) is 5.50. The van der Waals surface area contributed by atoms with Crippen molar-refractivity contribution < 1.29 is 4.74 Å². The van der Waals surface area contributed by atoms with Gasteiger partial charge in [-0.25, -0.2) is 0 Å². The molecule has 4 nitrogen and oxygen atoms in total. The maximum Gasteiger partial charge on any atom is 0.0731 e. The largest absolute Gasteiger partial charge is 0.375 e. The molecule has 1 aliphatic carbocycles. The number of nitrogens with zero attached hydrogens (tertiary/aromatic N) is 2. The Balaban J connectivity index is 1.57. The van der Waals surface area contributed by atoms with Gasteiger partial charge in [0.2, 0.25) is 0 Å². The van der Waals surface area contributed by atoms with Crippen LogP contribution in [0.2, 0.25) is 0 Å². The normalized spacial score (nSPS) is 46.4. The second-order valence-electron chi connectivity index (χ2n) is 7.32. The minimum absolute atomic E-state index is 0.266. The van der Waals surface area contributed by atoms with Crippen LogP contribution in [0.25, 0.3) is 0 Å². The molecule has 3 heterocycles. The molecule has 4 atom stereocenters. The van der Waals surface area contributed by atoms with Crippen molar-refractivity contribution in [2.45, 2.75) is 68.7 Å². The van der Waals surface area contributed by atoms with Crippen LogP contribution in [0.5, 0.6) is 0 Å². The first-order chi connectivity index (χ1) is 9.82. The summed E-state index contributed by atoms with van der Waals surface area (Å²) >= 11 is 0. The van der Waals surface area contributed by atoms with Crippen molar-refractivity contribution in [2.24, 2.45) is 5.73 Å². The van der Waals surface area contributed by atoms with Gasteiger partial charge in [0.25, 0.3) is 0 Å². The zero-order valence-corrected chi connectivity index (χ0v) is 12.6. The molecule has 4 aliphatic rings. The van der Waals surface area contributed by atoms with Gasteiger partial charge >= 0.3 is 0 Å². The van der Waals surface area contributed by atoms with Crippen LogP contribution in [-0.4, -0.2) is 66.3 Å². The standard InChI is InChI=1S/C16H29N3O/c17-12-16(6-8-18-7-2-3-13(18)11-16)19-9-10-20-15-5-1-4-14(15)19/h13-15H,1-12,17H2. The first-order valence-electron chi connectivity index (χ1n) is 8.65. The van der Waals surface area contributed by atoms with Crippen molar-refractivity contribution in [3.05, 3.63) is 0 Å². The topological polar surface area (TPSA) is 41.7 Å². The molecule has 0 radical (unpaired) electrons. The van der Waals surface area contributed by atoms with Crippen molar-refractivity contribution in [1.82, 2.24) is 9.80 Å². The Hall–Kier alpha value is -0.160. The highest BCUT2D eigenvalue weighted by molar-refractivity contribution is 5.06. The van der Waals surface area contributed by atoms with E-state index in [9.17, 15) is 0 Å². The van der Waals surface area contributed by atoms with Crippen LogP contribution in [0, 0.1) is 0 Å². The molecule has 4 heteroatoms. The van der Waals surface area contributed by atoms with E-state index in [0.717, 1.165) is 25.7 Å². The van der Waals surface area contributed by atoms with Crippen molar-refractivity contribution in [3.63, 3.8) is 0 Å². The average molecular weight is 279 g/mol. The highest BCUT2D eigenvalue weighted by Gasteiger charge is 2.49. The van der Waals surface area contributed by atoms with Crippen LogP contribution in [0.4, 0.5) is 0 Å². The van der Waals surface area contributed by atoms with Gasteiger partial charge in [0.1, 0.15) is 0 Å². The molecule has 3 saturated heterocycles. The van der Waals surface area contributed by atoms with Gasteiger partial charge in [-0.3, -0.25) is 4.90 Å². The lowest BCUT2D eigenvalue weighted by Crippen LogP contribution is -2.66. The number of piperidine rings is 1. The lowest BCUT2D eigenvalue weighted by Gasteiger charge is -2.54. The second kappa shape index (κ2) is 5.24. The number of nitrogens with two attached hydrogens (primary N) is 1. The Morgan fingerprint density at radius 2 is 2.05 bits per heavy atom. The van der Waals surface area contributed by atoms with E-state index in [-0.39, 0.29) is 5.54 Å². The summed E-state index contributed by atoms with van der Waals surface area (Å²) in [6.45, 7) is 5.43. The SMILES string of the molecule is NCC1(N2CCOC3CCCC32)CCN2CCCC2C1. The van der Waals surface area contributed by atoms with Crippen molar-refractivity contribution >= 4 is 0 Å². The molecule has 1 saturated carbocycles. The third kappa shape index (κ3) is 2.04. The summed E-state index contributed by atoms with van der Waals surface area (Å²) in [5.74, 6) is 0. The molecule has 0 bridgehead atoms. The third-order valence-electron chi connectivity index (χ3n) is 6.45. The molecule has 3 aliphatic heterocycles. The van der Waals surface area contributed by atoms with E-state index < -0.39 is 0 Å². The van der Waals surface area contributed by atoms with Gasteiger partial charge in [-0.15, -0.1) is 0 Å². The number of rotatable bonds is 2. The highest BCUT2D eigenvalue weighted by atomic mass is 16.5. The maximum atomic E-state index is 6.33. The molecule has 114 valence electrons. The zero-order valence-electron chi connectivity index (χ0n) is 12.6. The first kappa shape index (κ1) is 13.5. The number of ether oxygens (including phenoxy) is 1. The fourth-order valence-electron chi connectivity index (χ4n) is 5.39. The fraction of sp³-hybridized carbons (Fsp3) is 1.00. The Labute approximate surface area is 122 Å². The zero-order chi connectivity index (χ0) is 13.6. The molecule has 0 aromatic carbocycles. The van der Waals surface area contributed by atoms with Crippen LogP contribution in [0.3, 0.4) is 0 Å². The number of fused-ring (bicyclic) bond motifs is 2. The third-order valence-corrected chi connectivity index (χ3v) is 6.45. The van der Waals surface area contributed by atoms with E-state index in [1.54, 1.807) is 0 Å². The van der Waals surface area contributed by atoms with Crippen LogP contribution in [0.15, 0.2) is 0 Å². The summed E-state index contributed by atoms with van der Waals surface area (Å²) in [7, 11) is 0. The van der Waals surface area contributed by atoms with Gasteiger partial charge in [-0.2, -0.15) is 0 Å². The summed E-state index contributed by atoms with van der Waals surface area (Å²) in [5.41, 5.74) is 6.60. The van der Waals surface area contributed by atoms with Crippen molar-refractivity contribution in [3.8, 4) is 0 Å². The minimum Gasteiger partial charge on any atom is -0.375 e. The number of morpholine rings is 1. The molecule has 0 amide bonds. The average Bonchev–Trinajstić information content (AvgIpc) is 3.14. The van der Waals surface area contributed by atoms with Crippen LogP contribution in [-0.2, 0) is 4.74 Å². The molecule has 20 heavy (non-hydrogen) atoms. The van der Waals surface area contributed by atoms with E-state index in [1.807, 2.05) is 0 Å². The quantitative estimate of drug-likeness (QED) is 0.824. The Morgan fingerprint density at radius 3 is 2.95 bits per heavy atom. The fourth-order valence-corrected chi connectivity index (χ4v) is 5.39. The Morgan fingerprint density at radius 1 is 1.10 bits per heavy atom. The lowest BCUT2D eigenvalue weighted by atomic mass is 9.80. The van der Waals surface area contributed by atoms with Crippen LogP contribution < -0.4 is 5.73 Å². The van der Waals surface area contributed by atoms with Gasteiger partial charge < -0.3 is 15.4 Å². The van der Waals surface area contributed by atoms with Gasteiger partial charge in [-0.1, -0.05) is 0 Å². The van der Waals surface area contributed by atoms with Crippen LogP contribution in [0.1, 0.15) is 44.9 Å². The molecule has 0 spiro atoms. The predicted molar refractivity (Wildman–Crippen MR) is 79.7 cm³/mol. The smallest absolute Gasteiger partial charge is 0.0731 e.